The number of rotatable bonds is 2. The van der Waals surface area contributed by atoms with Crippen LogP contribution in [0.4, 0.5) is 10.1 Å². The molecule has 2 heterocycles. The molecule has 1 aliphatic heterocycles. The second kappa shape index (κ2) is 7.37. The van der Waals surface area contributed by atoms with Crippen LogP contribution in [0.3, 0.4) is 0 Å². The number of fused-ring (bicyclic) bond motifs is 3. The molecule has 142 valence electrons. The lowest BCUT2D eigenvalue weighted by atomic mass is 10.1. The van der Waals surface area contributed by atoms with Gasteiger partial charge < -0.3 is 4.74 Å². The van der Waals surface area contributed by atoms with Gasteiger partial charge in [0.1, 0.15) is 5.82 Å². The lowest BCUT2D eigenvalue weighted by molar-refractivity contribution is -0.118. The van der Waals surface area contributed by atoms with Gasteiger partial charge in [-0.2, -0.15) is 4.98 Å². The molecule has 1 atom stereocenters. The van der Waals surface area contributed by atoms with Crippen LogP contribution in [0, 0.1) is 5.82 Å². The normalized spacial score (nSPS) is 15.3. The Labute approximate surface area is 169 Å². The Balaban J connectivity index is 2.00. The molecule has 0 aliphatic carbocycles. The van der Waals surface area contributed by atoms with Crippen LogP contribution >= 0.6 is 23.4 Å². The first kappa shape index (κ1) is 18.6. The summed E-state index contributed by atoms with van der Waals surface area (Å²) >= 11 is 7.45. The summed E-state index contributed by atoms with van der Waals surface area (Å²) in [5.41, 5.74) is 1.74. The molecule has 1 amide bonds. The highest BCUT2D eigenvalue weighted by Gasteiger charge is 2.35. The topological polar surface area (TPSA) is 68.2 Å². The van der Waals surface area contributed by atoms with Crippen molar-refractivity contribution in [3.8, 4) is 17.1 Å². The van der Waals surface area contributed by atoms with E-state index in [4.69, 9.17) is 16.3 Å². The SMILES string of the molecule is CSc1nnc2c(n1)OC(c1cccc(Cl)c1)N(C(C)=O)c1ccc(F)cc1-2. The summed E-state index contributed by atoms with van der Waals surface area (Å²) in [6, 6.07) is 11.1. The van der Waals surface area contributed by atoms with E-state index in [9.17, 15) is 9.18 Å². The molecule has 28 heavy (non-hydrogen) atoms. The van der Waals surface area contributed by atoms with Gasteiger partial charge >= 0.3 is 0 Å². The average molecular weight is 417 g/mol. The summed E-state index contributed by atoms with van der Waals surface area (Å²) in [7, 11) is 0. The van der Waals surface area contributed by atoms with E-state index in [1.807, 2.05) is 6.26 Å². The van der Waals surface area contributed by atoms with Gasteiger partial charge in [0.15, 0.2) is 5.69 Å². The number of carbonyl (C=O) groups is 1. The lowest BCUT2D eigenvalue weighted by Crippen LogP contribution is -2.36. The van der Waals surface area contributed by atoms with Gasteiger partial charge in [-0.15, -0.1) is 10.2 Å². The van der Waals surface area contributed by atoms with Gasteiger partial charge in [-0.05, 0) is 36.6 Å². The molecule has 6 nitrogen and oxygen atoms in total. The number of aromatic nitrogens is 3. The van der Waals surface area contributed by atoms with Gasteiger partial charge in [-0.25, -0.2) is 4.39 Å². The van der Waals surface area contributed by atoms with Crippen LogP contribution in [-0.4, -0.2) is 27.3 Å². The summed E-state index contributed by atoms with van der Waals surface area (Å²) in [6.07, 6.45) is 0.956. The molecule has 0 saturated carbocycles. The Morgan fingerprint density at radius 3 is 2.79 bits per heavy atom. The van der Waals surface area contributed by atoms with Crippen LogP contribution in [0.1, 0.15) is 18.7 Å². The van der Waals surface area contributed by atoms with E-state index in [1.54, 1.807) is 24.3 Å². The monoisotopic (exact) mass is 416 g/mol. The van der Waals surface area contributed by atoms with Crippen LogP contribution < -0.4 is 9.64 Å². The van der Waals surface area contributed by atoms with Crippen LogP contribution in [0.2, 0.25) is 5.02 Å². The number of ether oxygens (including phenoxy) is 1. The maximum atomic E-state index is 14.0. The number of amides is 1. The molecule has 0 fully saturated rings. The van der Waals surface area contributed by atoms with Gasteiger partial charge in [0.05, 0.1) is 5.69 Å². The Bertz CT molecular complexity index is 1080. The fourth-order valence-electron chi connectivity index (χ4n) is 3.04. The molecule has 0 radical (unpaired) electrons. The summed E-state index contributed by atoms with van der Waals surface area (Å²) in [5.74, 6) is -0.589. The number of hydrogen-bond donors (Lipinski definition) is 0. The summed E-state index contributed by atoms with van der Waals surface area (Å²) in [6.45, 7) is 1.41. The molecule has 1 aliphatic rings. The number of carbonyl (C=O) groups excluding carboxylic acids is 1. The first-order chi connectivity index (χ1) is 13.5. The van der Waals surface area contributed by atoms with E-state index < -0.39 is 12.0 Å². The molecule has 4 rings (SSSR count). The maximum absolute atomic E-state index is 14.0. The highest BCUT2D eigenvalue weighted by molar-refractivity contribution is 7.98. The molecule has 1 unspecified atom stereocenters. The smallest absolute Gasteiger partial charge is 0.247 e. The second-order valence-corrected chi connectivity index (χ2v) is 7.24. The lowest BCUT2D eigenvalue weighted by Gasteiger charge is -2.30. The minimum atomic E-state index is -0.854. The third kappa shape index (κ3) is 3.29. The predicted molar refractivity (Wildman–Crippen MR) is 105 cm³/mol. The van der Waals surface area contributed by atoms with Crippen LogP contribution in [-0.2, 0) is 4.79 Å². The van der Waals surface area contributed by atoms with E-state index in [2.05, 4.69) is 15.2 Å². The first-order valence-corrected chi connectivity index (χ1v) is 9.88. The van der Waals surface area contributed by atoms with Crippen LogP contribution in [0.25, 0.3) is 11.3 Å². The largest absolute Gasteiger partial charge is 0.447 e. The van der Waals surface area contributed by atoms with Crippen molar-refractivity contribution in [2.75, 3.05) is 11.2 Å². The third-order valence-corrected chi connectivity index (χ3v) is 5.00. The number of benzene rings is 2. The Kier molecular flexibility index (Phi) is 4.91. The summed E-state index contributed by atoms with van der Waals surface area (Å²) in [4.78, 5) is 18.4. The molecule has 1 aromatic heterocycles. The van der Waals surface area contributed by atoms with E-state index in [0.29, 0.717) is 27.0 Å². The van der Waals surface area contributed by atoms with E-state index in [1.165, 1.54) is 41.8 Å². The quantitative estimate of drug-likeness (QED) is 0.573. The minimum Gasteiger partial charge on any atom is -0.447 e. The molecule has 2 aromatic carbocycles. The highest BCUT2D eigenvalue weighted by atomic mass is 35.5. The Hall–Kier alpha value is -2.71. The second-order valence-electron chi connectivity index (χ2n) is 6.03. The molecular weight excluding hydrogens is 403 g/mol. The zero-order chi connectivity index (χ0) is 19.8. The van der Waals surface area contributed by atoms with E-state index in [0.717, 1.165) is 0 Å². The number of nitrogens with zero attached hydrogens (tertiary/aromatic N) is 4. The maximum Gasteiger partial charge on any atom is 0.247 e. The standard InChI is InChI=1S/C19H14ClFN4O2S/c1-10(26)25-15-7-6-13(21)9-14(15)16-17(22-19(28-2)24-23-16)27-18(25)11-4-3-5-12(20)8-11/h3-9,18H,1-2H3. The van der Waals surface area contributed by atoms with Gasteiger partial charge in [0, 0.05) is 23.1 Å². The van der Waals surface area contributed by atoms with Crippen molar-refractivity contribution in [3.63, 3.8) is 0 Å². The average Bonchev–Trinajstić information content (AvgIpc) is 2.81. The molecule has 9 heteroatoms. The van der Waals surface area contributed by atoms with Crippen molar-refractivity contribution in [2.45, 2.75) is 18.3 Å². The number of anilines is 1. The minimum absolute atomic E-state index is 0.167. The molecule has 0 saturated heterocycles. The van der Waals surface area contributed by atoms with Crippen molar-refractivity contribution in [2.24, 2.45) is 0 Å². The first-order valence-electron chi connectivity index (χ1n) is 8.28. The van der Waals surface area contributed by atoms with Crippen molar-refractivity contribution >= 4 is 35.0 Å². The fraction of sp³-hybridized carbons (Fsp3) is 0.158. The van der Waals surface area contributed by atoms with Gasteiger partial charge in [0.25, 0.3) is 0 Å². The predicted octanol–water partition coefficient (Wildman–Crippen LogP) is 4.50. The highest BCUT2D eigenvalue weighted by Crippen LogP contribution is 2.43. The molecule has 3 aromatic rings. The van der Waals surface area contributed by atoms with Gasteiger partial charge in [-0.3, -0.25) is 9.69 Å². The molecule has 0 N–H and O–H groups in total. The Morgan fingerprint density at radius 2 is 2.07 bits per heavy atom. The van der Waals surface area contributed by atoms with E-state index in [-0.39, 0.29) is 17.5 Å². The van der Waals surface area contributed by atoms with Crippen molar-refractivity contribution < 1.29 is 13.9 Å². The zero-order valence-corrected chi connectivity index (χ0v) is 16.5. The Morgan fingerprint density at radius 1 is 1.25 bits per heavy atom. The zero-order valence-electron chi connectivity index (χ0n) is 14.9. The molecule has 0 bridgehead atoms. The van der Waals surface area contributed by atoms with E-state index >= 15 is 0 Å². The van der Waals surface area contributed by atoms with Crippen LogP contribution in [0.15, 0.2) is 47.6 Å². The van der Waals surface area contributed by atoms with Crippen LogP contribution in [0.5, 0.6) is 5.88 Å². The van der Waals surface area contributed by atoms with Gasteiger partial charge in [-0.1, -0.05) is 35.5 Å². The van der Waals surface area contributed by atoms with Crippen molar-refractivity contribution in [1.82, 2.24) is 15.2 Å². The van der Waals surface area contributed by atoms with Crippen molar-refractivity contribution in [1.29, 1.82) is 0 Å². The summed E-state index contributed by atoms with van der Waals surface area (Å²) in [5, 5.41) is 9.12. The van der Waals surface area contributed by atoms with Crippen molar-refractivity contribution in [3.05, 3.63) is 58.9 Å². The fourth-order valence-corrected chi connectivity index (χ4v) is 3.54. The molecular formula is C19H14ClFN4O2S. The van der Waals surface area contributed by atoms with Gasteiger partial charge in [0.2, 0.25) is 23.2 Å². The molecule has 0 spiro atoms. The number of hydrogen-bond acceptors (Lipinski definition) is 6. The summed E-state index contributed by atoms with van der Waals surface area (Å²) < 4.78 is 20.2. The number of thioether (sulfide) groups is 1. The number of halogens is 2. The third-order valence-electron chi connectivity index (χ3n) is 4.22.